The Kier molecular flexibility index (Phi) is 5.13. The van der Waals surface area contributed by atoms with Crippen LogP contribution in [0.2, 0.25) is 0 Å². The van der Waals surface area contributed by atoms with Crippen LogP contribution in [0.4, 0.5) is 5.69 Å². The van der Waals surface area contributed by atoms with Crippen LogP contribution in [0, 0.1) is 5.92 Å². The van der Waals surface area contributed by atoms with Crippen molar-refractivity contribution < 1.29 is 8.42 Å². The molecule has 1 saturated carbocycles. The average molecular weight is 300 g/mol. The summed E-state index contributed by atoms with van der Waals surface area (Å²) >= 11 is 1.48. The van der Waals surface area contributed by atoms with Crippen LogP contribution in [0.3, 0.4) is 0 Å². The number of nitrogens with two attached hydrogens (primary N) is 1. The van der Waals surface area contributed by atoms with Crippen molar-refractivity contribution in [2.75, 3.05) is 23.8 Å². The monoisotopic (exact) mass is 300 g/mol. The molecule has 4 nitrogen and oxygen atoms in total. The van der Waals surface area contributed by atoms with Crippen molar-refractivity contribution in [3.8, 4) is 0 Å². The van der Waals surface area contributed by atoms with E-state index < -0.39 is 10.0 Å². The molecule has 1 fully saturated rings. The number of nitrogen functional groups attached to an aromatic ring is 1. The number of hydrogen-bond donors (Lipinski definition) is 2. The van der Waals surface area contributed by atoms with E-state index in [1.807, 2.05) is 24.3 Å². The minimum Gasteiger partial charge on any atom is -0.398 e. The van der Waals surface area contributed by atoms with E-state index in [9.17, 15) is 8.42 Å². The topological polar surface area (TPSA) is 72.2 Å². The van der Waals surface area contributed by atoms with Gasteiger partial charge in [-0.25, -0.2) is 13.1 Å². The SMILES string of the molecule is Nc1ccccc1SCCS(=O)(=O)NCC1CCC1. The third kappa shape index (κ3) is 4.71. The summed E-state index contributed by atoms with van der Waals surface area (Å²) in [6.45, 7) is 0.598. The van der Waals surface area contributed by atoms with Crippen LogP contribution in [-0.2, 0) is 10.0 Å². The summed E-state index contributed by atoms with van der Waals surface area (Å²) in [5, 5.41) is 0. The second-order valence-electron chi connectivity index (χ2n) is 4.85. The van der Waals surface area contributed by atoms with Crippen LogP contribution in [-0.4, -0.2) is 26.5 Å². The molecule has 0 atom stereocenters. The van der Waals surface area contributed by atoms with E-state index in [2.05, 4.69) is 4.72 Å². The van der Waals surface area contributed by atoms with E-state index in [1.54, 1.807) is 0 Å². The van der Waals surface area contributed by atoms with E-state index in [1.165, 1.54) is 18.2 Å². The van der Waals surface area contributed by atoms with Gasteiger partial charge in [-0.05, 0) is 30.9 Å². The molecular weight excluding hydrogens is 280 g/mol. The Morgan fingerprint density at radius 2 is 2.05 bits per heavy atom. The van der Waals surface area contributed by atoms with Gasteiger partial charge in [0.2, 0.25) is 10.0 Å². The molecule has 1 aromatic carbocycles. The molecule has 0 heterocycles. The number of para-hydroxylation sites is 1. The van der Waals surface area contributed by atoms with E-state index >= 15 is 0 Å². The molecule has 3 N–H and O–H groups in total. The van der Waals surface area contributed by atoms with E-state index in [0.717, 1.165) is 17.7 Å². The van der Waals surface area contributed by atoms with Crippen LogP contribution < -0.4 is 10.5 Å². The first-order valence-corrected chi connectivity index (χ1v) is 9.15. The van der Waals surface area contributed by atoms with Gasteiger partial charge in [-0.15, -0.1) is 11.8 Å². The van der Waals surface area contributed by atoms with Gasteiger partial charge in [0.1, 0.15) is 0 Å². The summed E-state index contributed by atoms with van der Waals surface area (Å²) in [7, 11) is -3.15. The second-order valence-corrected chi connectivity index (χ2v) is 7.91. The van der Waals surface area contributed by atoms with Crippen molar-refractivity contribution in [2.24, 2.45) is 5.92 Å². The number of anilines is 1. The molecule has 6 heteroatoms. The zero-order chi connectivity index (χ0) is 13.7. The summed E-state index contributed by atoms with van der Waals surface area (Å²) < 4.78 is 26.3. The average Bonchev–Trinajstić information content (AvgIpc) is 2.29. The quantitative estimate of drug-likeness (QED) is 0.597. The lowest BCUT2D eigenvalue weighted by Gasteiger charge is -2.25. The Hall–Kier alpha value is -0.720. The Labute approximate surface area is 119 Å². The third-order valence-electron chi connectivity index (χ3n) is 3.35. The highest BCUT2D eigenvalue weighted by molar-refractivity contribution is 8.00. The highest BCUT2D eigenvalue weighted by atomic mass is 32.2. The minimum absolute atomic E-state index is 0.138. The molecule has 2 rings (SSSR count). The summed E-state index contributed by atoms with van der Waals surface area (Å²) in [4.78, 5) is 0.941. The van der Waals surface area contributed by atoms with E-state index in [-0.39, 0.29) is 5.75 Å². The minimum atomic E-state index is -3.15. The number of benzene rings is 1. The first-order chi connectivity index (χ1) is 9.07. The lowest BCUT2D eigenvalue weighted by molar-refractivity contribution is 0.316. The van der Waals surface area contributed by atoms with Gasteiger partial charge in [-0.2, -0.15) is 0 Å². The van der Waals surface area contributed by atoms with E-state index in [0.29, 0.717) is 23.9 Å². The molecular formula is C13H20N2O2S2. The Morgan fingerprint density at radius 3 is 2.68 bits per heavy atom. The highest BCUT2D eigenvalue weighted by Crippen LogP contribution is 2.26. The van der Waals surface area contributed by atoms with Gasteiger partial charge in [-0.3, -0.25) is 0 Å². The number of nitrogens with one attached hydrogen (secondary N) is 1. The predicted octanol–water partition coefficient (Wildman–Crippen LogP) is 2.08. The third-order valence-corrected chi connectivity index (χ3v) is 6.04. The maximum Gasteiger partial charge on any atom is 0.212 e. The molecule has 0 bridgehead atoms. The molecule has 0 radical (unpaired) electrons. The molecule has 1 aliphatic rings. The lowest BCUT2D eigenvalue weighted by atomic mass is 9.86. The number of thioether (sulfide) groups is 1. The molecule has 0 saturated heterocycles. The maximum absolute atomic E-state index is 11.8. The fraction of sp³-hybridized carbons (Fsp3) is 0.538. The van der Waals surface area contributed by atoms with Crippen molar-refractivity contribution in [1.29, 1.82) is 0 Å². The van der Waals surface area contributed by atoms with Gasteiger partial charge in [0.25, 0.3) is 0 Å². The zero-order valence-corrected chi connectivity index (χ0v) is 12.5. The van der Waals surface area contributed by atoms with Crippen molar-refractivity contribution >= 4 is 27.5 Å². The molecule has 0 aromatic heterocycles. The van der Waals surface area contributed by atoms with Crippen LogP contribution in [0.15, 0.2) is 29.2 Å². The zero-order valence-electron chi connectivity index (χ0n) is 10.8. The first kappa shape index (κ1) is 14.7. The molecule has 19 heavy (non-hydrogen) atoms. The van der Waals surface area contributed by atoms with Gasteiger partial charge in [0.05, 0.1) is 5.75 Å². The Morgan fingerprint density at radius 1 is 1.32 bits per heavy atom. The van der Waals surface area contributed by atoms with Crippen LogP contribution >= 0.6 is 11.8 Å². The number of hydrogen-bond acceptors (Lipinski definition) is 4. The van der Waals surface area contributed by atoms with Crippen molar-refractivity contribution in [2.45, 2.75) is 24.2 Å². The standard InChI is InChI=1S/C13H20N2O2S2/c14-12-6-1-2-7-13(12)18-8-9-19(16,17)15-10-11-4-3-5-11/h1-2,6-7,11,15H,3-5,8-10,14H2. The van der Waals surface area contributed by atoms with Crippen LogP contribution in [0.25, 0.3) is 0 Å². The smallest absolute Gasteiger partial charge is 0.212 e. The fourth-order valence-corrected chi connectivity index (χ4v) is 4.36. The molecule has 106 valence electrons. The second kappa shape index (κ2) is 6.63. The van der Waals surface area contributed by atoms with Gasteiger partial charge >= 0.3 is 0 Å². The Bertz CT molecular complexity index is 513. The van der Waals surface area contributed by atoms with E-state index in [4.69, 9.17) is 5.73 Å². The molecule has 1 aromatic rings. The summed E-state index contributed by atoms with van der Waals surface area (Å²) in [5.41, 5.74) is 6.51. The molecule has 0 aliphatic heterocycles. The number of rotatable bonds is 7. The largest absolute Gasteiger partial charge is 0.398 e. The van der Waals surface area contributed by atoms with Crippen LogP contribution in [0.5, 0.6) is 0 Å². The highest BCUT2D eigenvalue weighted by Gasteiger charge is 2.20. The Balaban J connectivity index is 1.73. The molecule has 0 unspecified atom stereocenters. The summed E-state index contributed by atoms with van der Waals surface area (Å²) in [6, 6.07) is 7.51. The van der Waals surface area contributed by atoms with Gasteiger partial charge < -0.3 is 5.73 Å². The van der Waals surface area contributed by atoms with Gasteiger partial charge in [-0.1, -0.05) is 18.6 Å². The fourth-order valence-electron chi connectivity index (χ4n) is 1.89. The number of sulfonamides is 1. The summed E-state index contributed by atoms with van der Waals surface area (Å²) in [6.07, 6.45) is 3.53. The normalized spacial score (nSPS) is 16.2. The van der Waals surface area contributed by atoms with Crippen LogP contribution in [0.1, 0.15) is 19.3 Å². The molecule has 1 aliphatic carbocycles. The first-order valence-electron chi connectivity index (χ1n) is 6.51. The predicted molar refractivity (Wildman–Crippen MR) is 80.7 cm³/mol. The van der Waals surface area contributed by atoms with Crippen molar-refractivity contribution in [3.63, 3.8) is 0 Å². The van der Waals surface area contributed by atoms with Gasteiger partial charge in [0, 0.05) is 22.9 Å². The van der Waals surface area contributed by atoms with Crippen molar-refractivity contribution in [1.82, 2.24) is 4.72 Å². The molecule has 0 spiro atoms. The lowest BCUT2D eigenvalue weighted by Crippen LogP contribution is -2.34. The maximum atomic E-state index is 11.8. The molecule has 0 amide bonds. The van der Waals surface area contributed by atoms with Gasteiger partial charge in [0.15, 0.2) is 0 Å². The summed E-state index contributed by atoms with van der Waals surface area (Å²) in [5.74, 6) is 1.21. The van der Waals surface area contributed by atoms with Crippen molar-refractivity contribution in [3.05, 3.63) is 24.3 Å².